The summed E-state index contributed by atoms with van der Waals surface area (Å²) in [6.07, 6.45) is 2.91. The molecule has 1 aromatic heterocycles. The first-order chi connectivity index (χ1) is 14.9. The highest BCUT2D eigenvalue weighted by Gasteiger charge is 2.22. The molecule has 0 aliphatic carbocycles. The van der Waals surface area contributed by atoms with E-state index in [9.17, 15) is 4.79 Å². The highest BCUT2D eigenvalue weighted by molar-refractivity contribution is 7.22. The summed E-state index contributed by atoms with van der Waals surface area (Å²) in [6.45, 7) is 6.25. The van der Waals surface area contributed by atoms with Crippen LogP contribution in [0.5, 0.6) is 5.75 Å². The molecule has 0 saturated carbocycles. The smallest absolute Gasteiger partial charge is 0.260 e. The number of carbonyl (C=O) groups is 1. The summed E-state index contributed by atoms with van der Waals surface area (Å²) < 4.78 is 6.80. The number of aryl methyl sites for hydroxylation is 1. The summed E-state index contributed by atoms with van der Waals surface area (Å²) in [5.41, 5.74) is 2.51. The fourth-order valence-corrected chi connectivity index (χ4v) is 4.74. The van der Waals surface area contributed by atoms with Crippen LogP contribution in [0.4, 0.5) is 5.13 Å². The zero-order chi connectivity index (χ0) is 22.4. The highest BCUT2D eigenvalue weighted by atomic mass is 35.5. The molecule has 0 atom stereocenters. The number of fused-ring (bicyclic) bond motifs is 1. The summed E-state index contributed by atoms with van der Waals surface area (Å²) in [7, 11) is 4.07. The first kappa shape index (κ1) is 23.5. The number of amides is 1. The molecular weight excluding hydrogens is 430 g/mol. The minimum Gasteiger partial charge on any atom is -0.494 e. The maximum atomic E-state index is 13.5. The third-order valence-electron chi connectivity index (χ3n) is 4.95. The third-order valence-corrected chi connectivity index (χ3v) is 6.19. The molecule has 5 nitrogen and oxygen atoms in total. The van der Waals surface area contributed by atoms with Gasteiger partial charge in [-0.15, -0.1) is 0 Å². The number of rotatable bonds is 10. The van der Waals surface area contributed by atoms with Crippen LogP contribution in [-0.2, 0) is 0 Å². The topological polar surface area (TPSA) is 45.7 Å². The van der Waals surface area contributed by atoms with Gasteiger partial charge in [0.05, 0.1) is 16.8 Å². The number of hydrogen-bond acceptors (Lipinski definition) is 5. The molecule has 3 aromatic rings. The number of carbonyl (C=O) groups excluding carboxylic acids is 1. The molecule has 0 spiro atoms. The van der Waals surface area contributed by atoms with Crippen LogP contribution in [0.1, 0.15) is 42.1 Å². The highest BCUT2D eigenvalue weighted by Crippen LogP contribution is 2.34. The van der Waals surface area contributed by atoms with Gasteiger partial charge in [0.1, 0.15) is 5.75 Å². The van der Waals surface area contributed by atoms with Gasteiger partial charge in [-0.3, -0.25) is 9.69 Å². The van der Waals surface area contributed by atoms with E-state index in [0.29, 0.717) is 28.9 Å². The Kier molecular flexibility index (Phi) is 8.29. The largest absolute Gasteiger partial charge is 0.494 e. The van der Waals surface area contributed by atoms with Crippen LogP contribution in [0.3, 0.4) is 0 Å². The Morgan fingerprint density at radius 3 is 2.71 bits per heavy atom. The first-order valence-corrected chi connectivity index (χ1v) is 11.8. The molecule has 2 aromatic carbocycles. The van der Waals surface area contributed by atoms with Crippen molar-refractivity contribution in [3.05, 3.63) is 52.5 Å². The molecule has 1 amide bonds. The number of nitrogens with zero attached hydrogens (tertiary/aromatic N) is 3. The summed E-state index contributed by atoms with van der Waals surface area (Å²) in [6, 6.07) is 11.2. The Morgan fingerprint density at radius 1 is 1.16 bits per heavy atom. The van der Waals surface area contributed by atoms with Crippen molar-refractivity contribution in [3.8, 4) is 5.75 Å². The average Bonchev–Trinajstić information content (AvgIpc) is 3.15. The summed E-state index contributed by atoms with van der Waals surface area (Å²) in [5, 5.41) is 1.38. The number of ether oxygens (including phenoxy) is 1. The number of thiazole rings is 1. The van der Waals surface area contributed by atoms with E-state index in [1.54, 1.807) is 4.90 Å². The Bertz CT molecular complexity index is 1030. The Hall–Kier alpha value is -2.15. The van der Waals surface area contributed by atoms with Crippen molar-refractivity contribution in [1.29, 1.82) is 0 Å². The molecule has 0 aliphatic heterocycles. The molecule has 0 radical (unpaired) electrons. The van der Waals surface area contributed by atoms with E-state index in [4.69, 9.17) is 21.3 Å². The lowest BCUT2D eigenvalue weighted by Gasteiger charge is -2.21. The van der Waals surface area contributed by atoms with Gasteiger partial charge in [0.25, 0.3) is 5.91 Å². The van der Waals surface area contributed by atoms with Gasteiger partial charge in [-0.1, -0.05) is 42.3 Å². The number of benzene rings is 2. The predicted octanol–water partition coefficient (Wildman–Crippen LogP) is 6.04. The van der Waals surface area contributed by atoms with Gasteiger partial charge < -0.3 is 9.64 Å². The van der Waals surface area contributed by atoms with E-state index in [1.807, 2.05) is 57.4 Å². The second-order valence-corrected chi connectivity index (χ2v) is 9.35. The van der Waals surface area contributed by atoms with Crippen molar-refractivity contribution in [1.82, 2.24) is 9.88 Å². The number of anilines is 1. The van der Waals surface area contributed by atoms with Gasteiger partial charge in [-0.2, -0.15) is 0 Å². The van der Waals surface area contributed by atoms with Gasteiger partial charge in [-0.25, -0.2) is 4.98 Å². The van der Waals surface area contributed by atoms with E-state index < -0.39 is 0 Å². The van der Waals surface area contributed by atoms with Crippen molar-refractivity contribution in [2.45, 2.75) is 33.1 Å². The SMILES string of the molecule is CCCCOc1cccc(C(=O)N(CCCN(C)C)c2nc3c(C)cc(Cl)cc3s2)c1. The van der Waals surface area contributed by atoms with Gasteiger partial charge in [0.15, 0.2) is 5.13 Å². The lowest BCUT2D eigenvalue weighted by Crippen LogP contribution is -2.33. The van der Waals surface area contributed by atoms with E-state index in [2.05, 4.69) is 11.8 Å². The second kappa shape index (κ2) is 10.9. The van der Waals surface area contributed by atoms with Crippen LogP contribution in [0.15, 0.2) is 36.4 Å². The van der Waals surface area contributed by atoms with Crippen LogP contribution in [-0.4, -0.2) is 49.6 Å². The lowest BCUT2D eigenvalue weighted by atomic mass is 10.2. The quantitative estimate of drug-likeness (QED) is 0.347. The Balaban J connectivity index is 1.91. The number of halogens is 1. The van der Waals surface area contributed by atoms with Crippen molar-refractivity contribution in [2.75, 3.05) is 38.7 Å². The summed E-state index contributed by atoms with van der Waals surface area (Å²) >= 11 is 7.74. The molecule has 0 saturated heterocycles. The third kappa shape index (κ3) is 6.19. The Labute approximate surface area is 193 Å². The van der Waals surface area contributed by atoms with Gasteiger partial charge in [0, 0.05) is 17.1 Å². The fraction of sp³-hybridized carbons (Fsp3) is 0.417. The van der Waals surface area contributed by atoms with Crippen molar-refractivity contribution >= 4 is 44.2 Å². The molecule has 166 valence electrons. The minimum absolute atomic E-state index is 0.0671. The molecule has 0 N–H and O–H groups in total. The molecule has 0 unspecified atom stereocenters. The van der Waals surface area contributed by atoms with Gasteiger partial charge in [-0.05, 0) is 76.3 Å². The maximum Gasteiger partial charge on any atom is 0.260 e. The van der Waals surface area contributed by atoms with E-state index in [-0.39, 0.29) is 5.91 Å². The van der Waals surface area contributed by atoms with E-state index in [0.717, 1.165) is 47.3 Å². The fourth-order valence-electron chi connectivity index (χ4n) is 3.30. The molecule has 0 aliphatic rings. The summed E-state index contributed by atoms with van der Waals surface area (Å²) in [5.74, 6) is 0.655. The zero-order valence-electron chi connectivity index (χ0n) is 18.7. The van der Waals surface area contributed by atoms with Gasteiger partial charge in [0.2, 0.25) is 0 Å². The molecule has 3 rings (SSSR count). The number of aromatic nitrogens is 1. The van der Waals surface area contributed by atoms with Crippen LogP contribution in [0.2, 0.25) is 5.02 Å². The minimum atomic E-state index is -0.0671. The zero-order valence-corrected chi connectivity index (χ0v) is 20.2. The van der Waals surface area contributed by atoms with E-state index in [1.165, 1.54) is 11.3 Å². The molecule has 0 bridgehead atoms. The van der Waals surface area contributed by atoms with Crippen LogP contribution in [0, 0.1) is 6.92 Å². The number of hydrogen-bond donors (Lipinski definition) is 0. The van der Waals surface area contributed by atoms with E-state index >= 15 is 0 Å². The molecule has 31 heavy (non-hydrogen) atoms. The van der Waals surface area contributed by atoms with Crippen molar-refractivity contribution in [3.63, 3.8) is 0 Å². The Morgan fingerprint density at radius 2 is 1.97 bits per heavy atom. The molecule has 7 heteroatoms. The monoisotopic (exact) mass is 459 g/mol. The normalized spacial score (nSPS) is 11.3. The van der Waals surface area contributed by atoms with Crippen molar-refractivity contribution < 1.29 is 9.53 Å². The number of unbranched alkanes of at least 4 members (excludes halogenated alkanes) is 1. The lowest BCUT2D eigenvalue weighted by molar-refractivity contribution is 0.0985. The van der Waals surface area contributed by atoms with Crippen LogP contribution in [0.25, 0.3) is 10.2 Å². The van der Waals surface area contributed by atoms with Gasteiger partial charge >= 0.3 is 0 Å². The van der Waals surface area contributed by atoms with Crippen molar-refractivity contribution in [2.24, 2.45) is 0 Å². The molecular formula is C24H30ClN3O2S. The van der Waals surface area contributed by atoms with Crippen LogP contribution < -0.4 is 9.64 Å². The van der Waals surface area contributed by atoms with Crippen LogP contribution >= 0.6 is 22.9 Å². The second-order valence-electron chi connectivity index (χ2n) is 7.91. The molecule has 1 heterocycles. The molecule has 0 fully saturated rings. The first-order valence-electron chi connectivity index (χ1n) is 10.6. The standard InChI is InChI=1S/C24H30ClN3O2S/c1-5-6-13-30-20-10-7-9-18(15-20)23(29)28(12-8-11-27(3)4)24-26-22-17(2)14-19(25)16-21(22)31-24/h7,9-10,14-16H,5-6,8,11-13H2,1-4H3. The summed E-state index contributed by atoms with van der Waals surface area (Å²) in [4.78, 5) is 22.2. The predicted molar refractivity (Wildman–Crippen MR) is 131 cm³/mol. The average molecular weight is 460 g/mol. The maximum absolute atomic E-state index is 13.5.